The largest absolute Gasteiger partial charge is 0.339 e. The van der Waals surface area contributed by atoms with Crippen molar-refractivity contribution in [1.82, 2.24) is 4.90 Å². The summed E-state index contributed by atoms with van der Waals surface area (Å²) in [5.41, 5.74) is 1.58. The summed E-state index contributed by atoms with van der Waals surface area (Å²) in [5, 5.41) is 27.5. The van der Waals surface area contributed by atoms with E-state index in [4.69, 9.17) is 5.26 Å². The van der Waals surface area contributed by atoms with Crippen LogP contribution < -0.4 is 0 Å². The highest BCUT2D eigenvalue weighted by atomic mass is 16.2. The highest BCUT2D eigenvalue weighted by Crippen LogP contribution is 2.23. The molecule has 0 N–H and O–H groups in total. The Bertz CT molecular complexity index is 849. The molecule has 1 amide bonds. The number of nitriles is 3. The summed E-state index contributed by atoms with van der Waals surface area (Å²) < 4.78 is 0. The maximum absolute atomic E-state index is 13.3. The topological polar surface area (TPSA) is 91.7 Å². The first-order valence-electron chi connectivity index (χ1n) is 12.9. The Kier molecular flexibility index (Phi) is 15.6. The van der Waals surface area contributed by atoms with E-state index in [1.807, 2.05) is 23.1 Å². The summed E-state index contributed by atoms with van der Waals surface area (Å²) in [6.07, 6.45) is 14.3. The second-order valence-electron chi connectivity index (χ2n) is 8.82. The van der Waals surface area contributed by atoms with Crippen LogP contribution >= 0.6 is 0 Å². The first-order valence-corrected chi connectivity index (χ1v) is 12.9. The van der Waals surface area contributed by atoms with Gasteiger partial charge in [-0.3, -0.25) is 4.79 Å². The second kappa shape index (κ2) is 18.3. The minimum Gasteiger partial charge on any atom is -0.339 e. The molecule has 1 aromatic rings. The lowest BCUT2D eigenvalue weighted by Crippen LogP contribution is -2.33. The fourth-order valence-corrected chi connectivity index (χ4v) is 4.05. The Hall–Kier alpha value is -3.10. The zero-order valence-electron chi connectivity index (χ0n) is 21.1. The number of benzene rings is 1. The molecule has 5 nitrogen and oxygen atoms in total. The van der Waals surface area contributed by atoms with Gasteiger partial charge in [-0.2, -0.15) is 15.8 Å². The van der Waals surface area contributed by atoms with Gasteiger partial charge in [-0.25, -0.2) is 0 Å². The zero-order valence-corrected chi connectivity index (χ0v) is 21.1. The van der Waals surface area contributed by atoms with Gasteiger partial charge in [-0.1, -0.05) is 90.2 Å². The van der Waals surface area contributed by atoms with Crippen LogP contribution in [0.15, 0.2) is 29.8 Å². The van der Waals surface area contributed by atoms with E-state index < -0.39 is 0 Å². The molecule has 0 saturated carbocycles. The molecular weight excluding hydrogens is 420 g/mol. The van der Waals surface area contributed by atoms with Crippen LogP contribution in [0.3, 0.4) is 0 Å². The van der Waals surface area contributed by atoms with Crippen LogP contribution in [0, 0.1) is 34.0 Å². The predicted octanol–water partition coefficient (Wildman–Crippen LogP) is 7.56. The number of carbonyl (C=O) groups is 1. The number of hydrogen-bond donors (Lipinski definition) is 0. The lowest BCUT2D eigenvalue weighted by molar-refractivity contribution is 0.0749. The maximum Gasteiger partial charge on any atom is 0.253 e. The molecule has 0 atom stereocenters. The SMILES string of the molecule is CCCCCCCCN(CCCCCCCC)C(=O)c1ccc(C(CC#N)=C(C#N)C#N)cc1. The van der Waals surface area contributed by atoms with E-state index in [-0.39, 0.29) is 17.9 Å². The number of unbranched alkanes of at least 4 members (excludes halogenated alkanes) is 10. The van der Waals surface area contributed by atoms with Crippen LogP contribution in [0.25, 0.3) is 5.57 Å². The zero-order chi connectivity index (χ0) is 25.0. The molecular formula is C29H40N4O. The first-order chi connectivity index (χ1) is 16.6. The summed E-state index contributed by atoms with van der Waals surface area (Å²) >= 11 is 0. The summed E-state index contributed by atoms with van der Waals surface area (Å²) in [7, 11) is 0. The molecule has 0 saturated heterocycles. The number of hydrogen-bond acceptors (Lipinski definition) is 4. The molecule has 0 aliphatic carbocycles. The molecule has 182 valence electrons. The predicted molar refractivity (Wildman–Crippen MR) is 137 cm³/mol. The average molecular weight is 461 g/mol. The van der Waals surface area contributed by atoms with Crippen LogP contribution in [0.1, 0.15) is 113 Å². The molecule has 0 bridgehead atoms. The molecule has 34 heavy (non-hydrogen) atoms. The standard InChI is InChI=1S/C29H40N4O/c1-3-5-7-9-11-13-21-33(22-14-12-10-8-6-4-2)29(34)26-17-15-25(16-18-26)28(19-20-30)27(23-31)24-32/h15-18H,3-14,19,21-22H2,1-2H3. The van der Waals surface area contributed by atoms with Gasteiger partial charge >= 0.3 is 0 Å². The summed E-state index contributed by atoms with van der Waals surface area (Å²) in [4.78, 5) is 15.3. The third kappa shape index (κ3) is 10.7. The van der Waals surface area contributed by atoms with E-state index in [1.165, 1.54) is 51.4 Å². The summed E-state index contributed by atoms with van der Waals surface area (Å²) in [6, 6.07) is 12.7. The fraction of sp³-hybridized carbons (Fsp3) is 0.586. The van der Waals surface area contributed by atoms with Crippen LogP contribution in [0.4, 0.5) is 0 Å². The van der Waals surface area contributed by atoms with Crippen LogP contribution in [-0.4, -0.2) is 23.9 Å². The number of allylic oxidation sites excluding steroid dienone is 2. The Balaban J connectivity index is 2.87. The lowest BCUT2D eigenvalue weighted by Gasteiger charge is -2.23. The smallest absolute Gasteiger partial charge is 0.253 e. The number of rotatable bonds is 17. The third-order valence-corrected chi connectivity index (χ3v) is 6.11. The summed E-state index contributed by atoms with van der Waals surface area (Å²) in [6.45, 7) is 5.97. The molecule has 0 spiro atoms. The van der Waals surface area contributed by atoms with E-state index in [0.29, 0.717) is 16.7 Å². The quantitative estimate of drug-likeness (QED) is 0.177. The fourth-order valence-electron chi connectivity index (χ4n) is 4.05. The van der Waals surface area contributed by atoms with Gasteiger partial charge in [0.2, 0.25) is 0 Å². The first kappa shape index (κ1) is 28.9. The van der Waals surface area contributed by atoms with Crippen molar-refractivity contribution in [3.8, 4) is 18.2 Å². The Morgan fingerprint density at radius 3 is 1.59 bits per heavy atom. The van der Waals surface area contributed by atoms with Crippen molar-refractivity contribution >= 4 is 11.5 Å². The lowest BCUT2D eigenvalue weighted by atomic mass is 9.97. The molecule has 0 aliphatic rings. The van der Waals surface area contributed by atoms with Gasteiger partial charge in [-0.15, -0.1) is 0 Å². The number of carbonyl (C=O) groups excluding carboxylic acids is 1. The molecule has 1 rings (SSSR count). The number of nitrogens with zero attached hydrogens (tertiary/aromatic N) is 4. The van der Waals surface area contributed by atoms with Crippen molar-refractivity contribution in [3.05, 3.63) is 41.0 Å². The van der Waals surface area contributed by atoms with Crippen LogP contribution in [0.5, 0.6) is 0 Å². The van der Waals surface area contributed by atoms with Crippen molar-refractivity contribution in [3.63, 3.8) is 0 Å². The van der Waals surface area contributed by atoms with E-state index in [9.17, 15) is 15.3 Å². The van der Waals surface area contributed by atoms with Crippen molar-refractivity contribution in [2.24, 2.45) is 0 Å². The van der Waals surface area contributed by atoms with Gasteiger partial charge in [0.25, 0.3) is 5.91 Å². The maximum atomic E-state index is 13.3. The van der Waals surface area contributed by atoms with Gasteiger partial charge in [0.1, 0.15) is 17.7 Å². The summed E-state index contributed by atoms with van der Waals surface area (Å²) in [5.74, 6) is 0.0280. The highest BCUT2D eigenvalue weighted by molar-refractivity contribution is 5.94. The molecule has 0 aromatic heterocycles. The molecule has 0 fully saturated rings. The second-order valence-corrected chi connectivity index (χ2v) is 8.82. The number of amides is 1. The van der Waals surface area contributed by atoms with Crippen molar-refractivity contribution in [1.29, 1.82) is 15.8 Å². The normalized spacial score (nSPS) is 10.1. The van der Waals surface area contributed by atoms with Crippen molar-refractivity contribution in [2.45, 2.75) is 97.3 Å². The van der Waals surface area contributed by atoms with Gasteiger partial charge in [0.05, 0.1) is 12.5 Å². The van der Waals surface area contributed by atoms with E-state index >= 15 is 0 Å². The molecule has 0 radical (unpaired) electrons. The van der Waals surface area contributed by atoms with Gasteiger partial charge in [0.15, 0.2) is 0 Å². The van der Waals surface area contributed by atoms with Crippen molar-refractivity contribution < 1.29 is 4.79 Å². The molecule has 5 heteroatoms. The van der Waals surface area contributed by atoms with E-state index in [0.717, 1.165) is 38.8 Å². The minimum atomic E-state index is -0.0617. The molecule has 0 heterocycles. The van der Waals surface area contributed by atoms with Gasteiger partial charge < -0.3 is 4.90 Å². The Morgan fingerprint density at radius 2 is 1.15 bits per heavy atom. The van der Waals surface area contributed by atoms with Gasteiger partial charge in [-0.05, 0) is 30.5 Å². The Labute approximate surface area is 206 Å². The van der Waals surface area contributed by atoms with E-state index in [1.54, 1.807) is 24.3 Å². The molecule has 0 aliphatic heterocycles. The highest BCUT2D eigenvalue weighted by Gasteiger charge is 2.16. The monoisotopic (exact) mass is 460 g/mol. The van der Waals surface area contributed by atoms with Gasteiger partial charge in [0, 0.05) is 24.2 Å². The molecule has 1 aromatic carbocycles. The van der Waals surface area contributed by atoms with Crippen LogP contribution in [-0.2, 0) is 0 Å². The van der Waals surface area contributed by atoms with Crippen molar-refractivity contribution in [2.75, 3.05) is 13.1 Å². The Morgan fingerprint density at radius 1 is 0.706 bits per heavy atom. The van der Waals surface area contributed by atoms with E-state index in [2.05, 4.69) is 13.8 Å². The molecule has 0 unspecified atom stereocenters. The van der Waals surface area contributed by atoms with Crippen LogP contribution in [0.2, 0.25) is 0 Å². The average Bonchev–Trinajstić information content (AvgIpc) is 2.86. The minimum absolute atomic E-state index is 0.0219. The third-order valence-electron chi connectivity index (χ3n) is 6.11.